The maximum atomic E-state index is 9.10. The highest BCUT2D eigenvalue weighted by molar-refractivity contribution is 6.35. The summed E-state index contributed by atoms with van der Waals surface area (Å²) in [7, 11) is 0. The van der Waals surface area contributed by atoms with Gasteiger partial charge in [-0.1, -0.05) is 23.2 Å². The minimum Gasteiger partial charge on any atom is -0.390 e. The van der Waals surface area contributed by atoms with Crippen LogP contribution in [0.5, 0.6) is 0 Å². The Bertz CT molecular complexity index is 538. The molecule has 88 valence electrons. The maximum absolute atomic E-state index is 9.10. The van der Waals surface area contributed by atoms with Crippen molar-refractivity contribution in [2.75, 3.05) is 0 Å². The van der Waals surface area contributed by atoms with Crippen LogP contribution in [0.3, 0.4) is 0 Å². The predicted molar refractivity (Wildman–Crippen MR) is 68.1 cm³/mol. The smallest absolute Gasteiger partial charge is 0.159 e. The summed E-state index contributed by atoms with van der Waals surface area (Å²) in [5.41, 5.74) is 2.10. The van der Waals surface area contributed by atoms with Crippen molar-refractivity contribution in [3.05, 3.63) is 45.7 Å². The second kappa shape index (κ2) is 5.00. The van der Waals surface area contributed by atoms with Crippen LogP contribution in [0.15, 0.2) is 24.3 Å². The fraction of sp³-hybridized carbons (Fsp3) is 0.167. The molecule has 0 fully saturated rings. The van der Waals surface area contributed by atoms with Crippen LogP contribution in [0.25, 0.3) is 11.4 Å². The van der Waals surface area contributed by atoms with Gasteiger partial charge in [0.15, 0.2) is 5.82 Å². The summed E-state index contributed by atoms with van der Waals surface area (Å²) in [6.45, 7) is 1.72. The number of hydrogen-bond donors (Lipinski definition) is 1. The Labute approximate surface area is 109 Å². The third-order valence-electron chi connectivity index (χ3n) is 2.19. The van der Waals surface area contributed by atoms with Crippen LogP contribution in [-0.4, -0.2) is 15.1 Å². The monoisotopic (exact) mass is 268 g/mol. The van der Waals surface area contributed by atoms with Crippen LogP contribution in [0, 0.1) is 6.92 Å². The van der Waals surface area contributed by atoms with Gasteiger partial charge in [-0.05, 0) is 31.2 Å². The molecule has 0 bridgehead atoms. The normalized spacial score (nSPS) is 10.6. The summed E-state index contributed by atoms with van der Waals surface area (Å²) < 4.78 is 0. The molecule has 5 heteroatoms. The largest absolute Gasteiger partial charge is 0.390 e. The highest BCUT2D eigenvalue weighted by Crippen LogP contribution is 2.25. The molecule has 0 atom stereocenters. The van der Waals surface area contributed by atoms with Crippen molar-refractivity contribution in [2.24, 2.45) is 0 Å². The fourth-order valence-electron chi connectivity index (χ4n) is 1.53. The predicted octanol–water partition coefficient (Wildman–Crippen LogP) is 3.25. The molecule has 0 spiro atoms. The summed E-state index contributed by atoms with van der Waals surface area (Å²) in [6.07, 6.45) is 0. The molecule has 1 N–H and O–H groups in total. The Morgan fingerprint density at radius 3 is 2.29 bits per heavy atom. The summed E-state index contributed by atoms with van der Waals surface area (Å²) in [5, 5.41) is 10.2. The Morgan fingerprint density at radius 2 is 1.71 bits per heavy atom. The Kier molecular flexibility index (Phi) is 3.62. The zero-order valence-corrected chi connectivity index (χ0v) is 10.6. The molecular weight excluding hydrogens is 259 g/mol. The molecule has 0 aliphatic rings. The highest BCUT2D eigenvalue weighted by atomic mass is 35.5. The zero-order chi connectivity index (χ0) is 12.4. The van der Waals surface area contributed by atoms with Crippen LogP contribution >= 0.6 is 23.2 Å². The van der Waals surface area contributed by atoms with Gasteiger partial charge in [0.25, 0.3) is 0 Å². The molecular formula is C12H10Cl2N2O. The number of aliphatic hydroxyl groups is 1. The highest BCUT2D eigenvalue weighted by Gasteiger charge is 2.06. The van der Waals surface area contributed by atoms with Crippen molar-refractivity contribution in [1.82, 2.24) is 9.97 Å². The number of aliphatic hydroxyl groups excluding tert-OH is 1. The zero-order valence-electron chi connectivity index (χ0n) is 9.11. The van der Waals surface area contributed by atoms with Crippen LogP contribution in [0.1, 0.15) is 11.4 Å². The first-order valence-electron chi connectivity index (χ1n) is 5.00. The minimum atomic E-state index is -0.120. The summed E-state index contributed by atoms with van der Waals surface area (Å²) in [6, 6.07) is 6.86. The molecule has 0 saturated carbocycles. The van der Waals surface area contributed by atoms with E-state index in [1.165, 1.54) is 0 Å². The summed E-state index contributed by atoms with van der Waals surface area (Å²) in [5.74, 6) is 0.512. The Balaban J connectivity index is 2.55. The van der Waals surface area contributed by atoms with Gasteiger partial charge in [0.2, 0.25) is 0 Å². The van der Waals surface area contributed by atoms with Crippen molar-refractivity contribution in [3.63, 3.8) is 0 Å². The molecule has 0 aliphatic carbocycles. The van der Waals surface area contributed by atoms with Gasteiger partial charge < -0.3 is 5.11 Å². The number of aryl methyl sites for hydroxylation is 1. The van der Waals surface area contributed by atoms with E-state index >= 15 is 0 Å². The van der Waals surface area contributed by atoms with Crippen LogP contribution in [-0.2, 0) is 6.61 Å². The first kappa shape index (κ1) is 12.3. The lowest BCUT2D eigenvalue weighted by Crippen LogP contribution is -1.97. The van der Waals surface area contributed by atoms with Crippen molar-refractivity contribution >= 4 is 23.2 Å². The standard InChI is InChI=1S/C12H10Cl2N2O/c1-7-2-11(6-17)16-12(15-7)8-3-9(13)5-10(14)4-8/h2-5,17H,6H2,1H3. The third-order valence-corrected chi connectivity index (χ3v) is 2.63. The molecule has 0 amide bonds. The average molecular weight is 269 g/mol. The van der Waals surface area contributed by atoms with Crippen molar-refractivity contribution in [1.29, 1.82) is 0 Å². The second-order valence-electron chi connectivity index (χ2n) is 3.64. The van der Waals surface area contributed by atoms with E-state index in [1.807, 2.05) is 6.92 Å². The lowest BCUT2D eigenvalue weighted by Gasteiger charge is -2.05. The Hall–Kier alpha value is -1.16. The molecule has 1 aromatic heterocycles. The van der Waals surface area contributed by atoms with E-state index in [9.17, 15) is 0 Å². The molecule has 0 saturated heterocycles. The number of benzene rings is 1. The number of halogens is 2. The van der Waals surface area contributed by atoms with Crippen molar-refractivity contribution in [3.8, 4) is 11.4 Å². The lowest BCUT2D eigenvalue weighted by atomic mass is 10.2. The van der Waals surface area contributed by atoms with Crippen LogP contribution in [0.4, 0.5) is 0 Å². The number of rotatable bonds is 2. The van der Waals surface area contributed by atoms with E-state index in [4.69, 9.17) is 28.3 Å². The van der Waals surface area contributed by atoms with E-state index in [1.54, 1.807) is 24.3 Å². The molecule has 17 heavy (non-hydrogen) atoms. The maximum Gasteiger partial charge on any atom is 0.159 e. The van der Waals surface area contributed by atoms with E-state index in [0.29, 0.717) is 21.6 Å². The Morgan fingerprint density at radius 1 is 1.06 bits per heavy atom. The van der Waals surface area contributed by atoms with Crippen LogP contribution < -0.4 is 0 Å². The number of nitrogens with zero attached hydrogens (tertiary/aromatic N) is 2. The molecule has 1 heterocycles. The fourth-order valence-corrected chi connectivity index (χ4v) is 2.05. The van der Waals surface area contributed by atoms with E-state index in [-0.39, 0.29) is 6.61 Å². The quantitative estimate of drug-likeness (QED) is 0.910. The second-order valence-corrected chi connectivity index (χ2v) is 4.51. The van der Waals surface area contributed by atoms with Crippen molar-refractivity contribution < 1.29 is 5.11 Å². The molecule has 1 aromatic carbocycles. The average Bonchev–Trinajstić information content (AvgIpc) is 2.26. The molecule has 0 unspecified atom stereocenters. The topological polar surface area (TPSA) is 46.0 Å². The van der Waals surface area contributed by atoms with Gasteiger partial charge in [-0.2, -0.15) is 0 Å². The van der Waals surface area contributed by atoms with Gasteiger partial charge in [-0.3, -0.25) is 0 Å². The van der Waals surface area contributed by atoms with Gasteiger partial charge in [0.05, 0.1) is 12.3 Å². The molecule has 2 rings (SSSR count). The summed E-state index contributed by atoms with van der Waals surface area (Å²) in [4.78, 5) is 8.52. The van der Waals surface area contributed by atoms with Gasteiger partial charge in [-0.25, -0.2) is 9.97 Å². The minimum absolute atomic E-state index is 0.120. The first-order chi connectivity index (χ1) is 8.08. The van der Waals surface area contributed by atoms with Crippen LogP contribution in [0.2, 0.25) is 10.0 Å². The number of hydrogen-bond acceptors (Lipinski definition) is 3. The molecule has 0 radical (unpaired) electrons. The lowest BCUT2D eigenvalue weighted by molar-refractivity contribution is 0.276. The SMILES string of the molecule is Cc1cc(CO)nc(-c2cc(Cl)cc(Cl)c2)n1. The third kappa shape index (κ3) is 2.94. The van der Waals surface area contributed by atoms with E-state index in [0.717, 1.165) is 11.3 Å². The first-order valence-corrected chi connectivity index (χ1v) is 5.76. The van der Waals surface area contributed by atoms with Gasteiger partial charge in [-0.15, -0.1) is 0 Å². The van der Waals surface area contributed by atoms with E-state index in [2.05, 4.69) is 9.97 Å². The van der Waals surface area contributed by atoms with E-state index < -0.39 is 0 Å². The van der Waals surface area contributed by atoms with Gasteiger partial charge >= 0.3 is 0 Å². The molecule has 3 nitrogen and oxygen atoms in total. The molecule has 0 aliphatic heterocycles. The van der Waals surface area contributed by atoms with Gasteiger partial charge in [0, 0.05) is 21.3 Å². The molecule has 2 aromatic rings. The van der Waals surface area contributed by atoms with Gasteiger partial charge in [0.1, 0.15) is 0 Å². The number of aromatic nitrogens is 2. The van der Waals surface area contributed by atoms with Crippen molar-refractivity contribution in [2.45, 2.75) is 13.5 Å². The summed E-state index contributed by atoms with van der Waals surface area (Å²) >= 11 is 11.8.